The first kappa shape index (κ1) is 26.4. The van der Waals surface area contributed by atoms with Gasteiger partial charge < -0.3 is 15.0 Å². The zero-order valence-corrected chi connectivity index (χ0v) is 22.1. The number of fused-ring (bicyclic) bond motifs is 2. The average Bonchev–Trinajstić information content (AvgIpc) is 2.83. The molecule has 2 heterocycles. The largest absolute Gasteiger partial charge is 0.506 e. The molecule has 0 amide bonds. The van der Waals surface area contributed by atoms with Crippen molar-refractivity contribution < 1.29 is 30.7 Å². The maximum atomic E-state index is 14.2. The number of benzene rings is 3. The number of sulfonamides is 1. The molecule has 1 aromatic heterocycles. The van der Waals surface area contributed by atoms with Crippen LogP contribution in [-0.4, -0.2) is 32.8 Å². The van der Waals surface area contributed by atoms with Crippen LogP contribution in [0, 0.1) is 18.6 Å². The Balaban J connectivity index is 1.70. The lowest BCUT2D eigenvalue weighted by molar-refractivity contribution is 0.476. The van der Waals surface area contributed by atoms with E-state index < -0.39 is 48.4 Å². The molecule has 0 unspecified atom stereocenters. The molecule has 0 fully saturated rings. The van der Waals surface area contributed by atoms with Crippen molar-refractivity contribution in [3.8, 4) is 5.75 Å². The van der Waals surface area contributed by atoms with Gasteiger partial charge in [0.1, 0.15) is 22.9 Å². The molecule has 39 heavy (non-hydrogen) atoms. The molecule has 4 aromatic rings. The first-order chi connectivity index (χ1) is 18.2. The normalized spacial score (nSPS) is 14.4. The number of aromatic hydroxyl groups is 1. The molecule has 0 bridgehead atoms. The van der Waals surface area contributed by atoms with Crippen molar-refractivity contribution in [1.82, 2.24) is 4.57 Å². The van der Waals surface area contributed by atoms with Crippen LogP contribution < -0.4 is 15.6 Å². The van der Waals surface area contributed by atoms with Gasteiger partial charge in [0.25, 0.3) is 5.56 Å². The summed E-state index contributed by atoms with van der Waals surface area (Å²) in [7, 11) is -7.90. The molecule has 13 heteroatoms. The van der Waals surface area contributed by atoms with E-state index >= 15 is 0 Å². The molecule has 0 saturated carbocycles. The highest BCUT2D eigenvalue weighted by Crippen LogP contribution is 2.38. The van der Waals surface area contributed by atoms with Crippen LogP contribution in [-0.2, 0) is 26.4 Å². The predicted molar refractivity (Wildman–Crippen MR) is 144 cm³/mol. The monoisotopic (exact) mass is 573 g/mol. The van der Waals surface area contributed by atoms with Crippen LogP contribution in [0.2, 0.25) is 0 Å². The number of anilines is 2. The van der Waals surface area contributed by atoms with Crippen LogP contribution >= 0.6 is 0 Å². The Kier molecular flexibility index (Phi) is 6.23. The minimum Gasteiger partial charge on any atom is -0.506 e. The first-order valence-electron chi connectivity index (χ1n) is 11.4. The molecule has 0 spiro atoms. The summed E-state index contributed by atoms with van der Waals surface area (Å²) in [5.74, 6) is -1.76. The molecule has 0 radical (unpaired) electrons. The van der Waals surface area contributed by atoms with E-state index in [-0.39, 0.29) is 39.4 Å². The topological polar surface area (TPSA) is 135 Å². The molecular formula is C26H21F2N3O6S2. The van der Waals surface area contributed by atoms with Gasteiger partial charge in [0.2, 0.25) is 19.9 Å². The average molecular weight is 574 g/mol. The molecule has 0 atom stereocenters. The van der Waals surface area contributed by atoms with E-state index in [0.717, 1.165) is 29.9 Å². The molecule has 3 N–H and O–H groups in total. The predicted octanol–water partition coefficient (Wildman–Crippen LogP) is 3.91. The Morgan fingerprint density at radius 2 is 1.79 bits per heavy atom. The Bertz CT molecular complexity index is 2000. The van der Waals surface area contributed by atoms with Gasteiger partial charge in [0.15, 0.2) is 0 Å². The maximum absolute atomic E-state index is 14.2. The third-order valence-corrected chi connectivity index (χ3v) is 8.27. The summed E-state index contributed by atoms with van der Waals surface area (Å²) in [5.41, 5.74) is -0.331. The van der Waals surface area contributed by atoms with Crippen molar-refractivity contribution in [1.29, 1.82) is 0 Å². The molecule has 3 aromatic carbocycles. The van der Waals surface area contributed by atoms with E-state index in [4.69, 9.17) is 0 Å². The van der Waals surface area contributed by atoms with Crippen LogP contribution in [0.4, 0.5) is 20.2 Å². The highest BCUT2D eigenvalue weighted by molar-refractivity contribution is 7.94. The summed E-state index contributed by atoms with van der Waals surface area (Å²) in [5, 5.41) is 14.6. The second kappa shape index (κ2) is 9.20. The number of rotatable bonds is 5. The van der Waals surface area contributed by atoms with E-state index in [0.29, 0.717) is 11.1 Å². The zero-order chi connectivity index (χ0) is 28.3. The smallest absolute Gasteiger partial charge is 0.264 e. The Hall–Kier alpha value is -4.23. The van der Waals surface area contributed by atoms with E-state index in [9.17, 15) is 35.5 Å². The molecule has 202 valence electrons. The SMILES string of the molecule is Cc1cc(Cn2c(=O)c(C3=CS(=O)(=O)c4cc(NS(C)(=O)=O)ccc4N3)c(O)c3cc(F)ccc32)ccc1F. The lowest BCUT2D eigenvalue weighted by Crippen LogP contribution is -2.27. The number of nitrogens with zero attached hydrogens (tertiary/aromatic N) is 1. The Labute approximate surface area is 222 Å². The molecule has 1 aliphatic rings. The fraction of sp³-hybridized carbons (Fsp3) is 0.115. The molecule has 9 nitrogen and oxygen atoms in total. The quantitative estimate of drug-likeness (QED) is 0.330. The summed E-state index contributed by atoms with van der Waals surface area (Å²) >= 11 is 0. The van der Waals surface area contributed by atoms with Gasteiger partial charge in [-0.05, 0) is 60.5 Å². The van der Waals surface area contributed by atoms with Gasteiger partial charge in [-0.25, -0.2) is 25.6 Å². The Morgan fingerprint density at radius 1 is 1.05 bits per heavy atom. The van der Waals surface area contributed by atoms with Gasteiger partial charge in [0.05, 0.1) is 40.0 Å². The molecule has 0 saturated heterocycles. The highest BCUT2D eigenvalue weighted by atomic mass is 32.2. The summed E-state index contributed by atoms with van der Waals surface area (Å²) < 4.78 is 81.0. The van der Waals surface area contributed by atoms with E-state index in [1.54, 1.807) is 13.0 Å². The van der Waals surface area contributed by atoms with Gasteiger partial charge >= 0.3 is 0 Å². The van der Waals surface area contributed by atoms with Gasteiger partial charge in [-0.3, -0.25) is 9.52 Å². The van der Waals surface area contributed by atoms with Crippen molar-refractivity contribution >= 4 is 47.8 Å². The van der Waals surface area contributed by atoms with Crippen LogP contribution in [0.15, 0.2) is 69.7 Å². The Morgan fingerprint density at radius 3 is 2.49 bits per heavy atom. The second-order valence-corrected chi connectivity index (χ2v) is 12.7. The highest BCUT2D eigenvalue weighted by Gasteiger charge is 2.29. The molecular weight excluding hydrogens is 552 g/mol. The molecule has 0 aliphatic carbocycles. The van der Waals surface area contributed by atoms with Crippen molar-refractivity contribution in [3.63, 3.8) is 0 Å². The minimum absolute atomic E-state index is 0.0134. The van der Waals surface area contributed by atoms with Crippen LogP contribution in [0.25, 0.3) is 16.6 Å². The summed E-state index contributed by atoms with van der Waals surface area (Å²) in [6, 6.07) is 11.5. The standard InChI is InChI=1S/C26H21F2N3O6S2/c1-14-9-15(3-6-19(14)28)12-31-22-8-4-16(27)10-18(22)25(32)24(26(31)33)21-13-39(36,37)23-11-17(30-38(2,34)35)5-7-20(23)29-21/h3-11,13,29-30,32H,12H2,1-2H3. The van der Waals surface area contributed by atoms with E-state index in [1.165, 1.54) is 34.9 Å². The van der Waals surface area contributed by atoms with E-state index in [2.05, 4.69) is 10.0 Å². The van der Waals surface area contributed by atoms with Gasteiger partial charge in [0, 0.05) is 11.1 Å². The minimum atomic E-state index is -4.23. The van der Waals surface area contributed by atoms with Crippen molar-refractivity contribution in [3.05, 3.63) is 98.7 Å². The zero-order valence-electron chi connectivity index (χ0n) is 20.5. The summed E-state index contributed by atoms with van der Waals surface area (Å²) in [6.45, 7) is 1.49. The molecule has 1 aliphatic heterocycles. The van der Waals surface area contributed by atoms with Crippen molar-refractivity contribution in [2.45, 2.75) is 18.4 Å². The lowest BCUT2D eigenvalue weighted by atomic mass is 10.1. The maximum Gasteiger partial charge on any atom is 0.264 e. The van der Waals surface area contributed by atoms with Crippen LogP contribution in [0.1, 0.15) is 16.7 Å². The number of aryl methyl sites for hydroxylation is 1. The van der Waals surface area contributed by atoms with Gasteiger partial charge in [-0.1, -0.05) is 12.1 Å². The van der Waals surface area contributed by atoms with Crippen molar-refractivity contribution in [2.24, 2.45) is 0 Å². The number of hydrogen-bond acceptors (Lipinski definition) is 7. The number of hydrogen-bond donors (Lipinski definition) is 3. The van der Waals surface area contributed by atoms with Gasteiger partial charge in [-0.15, -0.1) is 0 Å². The third kappa shape index (κ3) is 4.98. The summed E-state index contributed by atoms with van der Waals surface area (Å²) in [4.78, 5) is 13.5. The summed E-state index contributed by atoms with van der Waals surface area (Å²) in [6.07, 6.45) is 0.917. The van der Waals surface area contributed by atoms with E-state index in [1.807, 2.05) is 0 Å². The fourth-order valence-electron chi connectivity index (χ4n) is 4.45. The number of halogens is 2. The number of sulfone groups is 1. The first-order valence-corrected chi connectivity index (χ1v) is 14.8. The van der Waals surface area contributed by atoms with Crippen LogP contribution in [0.5, 0.6) is 5.75 Å². The fourth-order valence-corrected chi connectivity index (χ4v) is 6.34. The third-order valence-electron chi connectivity index (χ3n) is 6.17. The van der Waals surface area contributed by atoms with Crippen LogP contribution in [0.3, 0.4) is 0 Å². The number of nitrogens with one attached hydrogen (secondary N) is 2. The number of pyridine rings is 1. The lowest BCUT2D eigenvalue weighted by Gasteiger charge is -2.22. The van der Waals surface area contributed by atoms with Crippen molar-refractivity contribution in [2.75, 3.05) is 16.3 Å². The second-order valence-electron chi connectivity index (χ2n) is 9.15. The molecule has 5 rings (SSSR count). The number of aromatic nitrogens is 1. The van der Waals surface area contributed by atoms with Gasteiger partial charge in [-0.2, -0.15) is 0 Å².